The molecule has 2 amide bonds. The van der Waals surface area contributed by atoms with Crippen molar-refractivity contribution in [3.05, 3.63) is 65.5 Å². The molecule has 0 aromatic heterocycles. The van der Waals surface area contributed by atoms with Crippen LogP contribution in [0.15, 0.2) is 48.5 Å². The van der Waals surface area contributed by atoms with Gasteiger partial charge in [-0.15, -0.1) is 0 Å². The first-order chi connectivity index (χ1) is 16.0. The second kappa shape index (κ2) is 12.4. The van der Waals surface area contributed by atoms with Gasteiger partial charge in [-0.25, -0.2) is 4.39 Å². The van der Waals surface area contributed by atoms with Gasteiger partial charge in [-0.2, -0.15) is 0 Å². The van der Waals surface area contributed by atoms with Crippen LogP contribution >= 0.6 is 0 Å². The Kier molecular flexibility index (Phi) is 9.28. The van der Waals surface area contributed by atoms with E-state index in [1.807, 2.05) is 38.1 Å². The van der Waals surface area contributed by atoms with Crippen LogP contribution in [0.4, 0.5) is 4.39 Å². The number of nitrogens with zero attached hydrogens (tertiary/aromatic N) is 1. The van der Waals surface area contributed by atoms with E-state index >= 15 is 0 Å². The fourth-order valence-corrected chi connectivity index (χ4v) is 4.27. The van der Waals surface area contributed by atoms with Gasteiger partial charge in [0.2, 0.25) is 11.8 Å². The van der Waals surface area contributed by atoms with Gasteiger partial charge >= 0.3 is 0 Å². The molecular weight excluding hydrogens is 419 g/mol. The molecule has 5 nitrogen and oxygen atoms in total. The van der Waals surface area contributed by atoms with E-state index in [1.165, 1.54) is 12.1 Å². The van der Waals surface area contributed by atoms with Crippen molar-refractivity contribution in [2.24, 2.45) is 0 Å². The number of benzene rings is 2. The molecule has 0 saturated heterocycles. The van der Waals surface area contributed by atoms with Gasteiger partial charge in [0.05, 0.1) is 6.61 Å². The van der Waals surface area contributed by atoms with Crippen molar-refractivity contribution in [3.8, 4) is 5.75 Å². The van der Waals surface area contributed by atoms with Gasteiger partial charge in [0.25, 0.3) is 0 Å². The third-order valence-electron chi connectivity index (χ3n) is 6.18. The molecule has 0 bridgehead atoms. The molecule has 6 heteroatoms. The van der Waals surface area contributed by atoms with Crippen LogP contribution in [0.5, 0.6) is 5.75 Å². The van der Waals surface area contributed by atoms with Crippen LogP contribution in [0.25, 0.3) is 0 Å². The van der Waals surface area contributed by atoms with Gasteiger partial charge in [-0.05, 0) is 62.4 Å². The lowest BCUT2D eigenvalue weighted by Gasteiger charge is -2.31. The van der Waals surface area contributed by atoms with E-state index < -0.39 is 6.04 Å². The second-order valence-electron chi connectivity index (χ2n) is 8.83. The van der Waals surface area contributed by atoms with E-state index in [4.69, 9.17) is 4.74 Å². The van der Waals surface area contributed by atoms with Crippen molar-refractivity contribution < 1.29 is 18.7 Å². The number of carbonyl (C=O) groups excluding carboxylic acids is 2. The predicted molar refractivity (Wildman–Crippen MR) is 127 cm³/mol. The van der Waals surface area contributed by atoms with E-state index in [1.54, 1.807) is 17.0 Å². The Hall–Kier alpha value is -2.89. The number of ether oxygens (including phenoxy) is 1. The van der Waals surface area contributed by atoms with Crippen molar-refractivity contribution in [1.29, 1.82) is 0 Å². The Balaban J connectivity index is 1.63. The zero-order chi connectivity index (χ0) is 23.6. The molecule has 178 valence electrons. The Bertz CT molecular complexity index is 893. The summed E-state index contributed by atoms with van der Waals surface area (Å²) in [7, 11) is 0. The van der Waals surface area contributed by atoms with Gasteiger partial charge in [0.1, 0.15) is 17.6 Å². The highest BCUT2D eigenvalue weighted by Gasteiger charge is 2.30. The van der Waals surface area contributed by atoms with Crippen molar-refractivity contribution >= 4 is 11.8 Å². The summed E-state index contributed by atoms with van der Waals surface area (Å²) in [5.41, 5.74) is 1.96. The highest BCUT2D eigenvalue weighted by molar-refractivity contribution is 5.87. The number of hydrogen-bond acceptors (Lipinski definition) is 3. The number of hydrogen-bond donors (Lipinski definition) is 1. The van der Waals surface area contributed by atoms with Crippen LogP contribution < -0.4 is 10.1 Å². The quantitative estimate of drug-likeness (QED) is 0.477. The SMILES string of the molecule is CCC(C(=O)NC1CCCC1)N(Cc1ccc(F)cc1)C(=O)CCCOc1ccc(C)cc1. The van der Waals surface area contributed by atoms with E-state index in [-0.39, 0.29) is 36.6 Å². The van der Waals surface area contributed by atoms with Crippen molar-refractivity contribution in [2.75, 3.05) is 6.61 Å². The minimum atomic E-state index is -0.554. The summed E-state index contributed by atoms with van der Waals surface area (Å²) in [5.74, 6) is 0.255. The normalized spacial score (nSPS) is 14.6. The number of amides is 2. The molecule has 0 spiro atoms. The van der Waals surface area contributed by atoms with Crippen LogP contribution in [0.1, 0.15) is 63.0 Å². The molecule has 0 heterocycles. The van der Waals surface area contributed by atoms with E-state index in [9.17, 15) is 14.0 Å². The first kappa shape index (κ1) is 24.7. The van der Waals surface area contributed by atoms with Crippen LogP contribution in [0.2, 0.25) is 0 Å². The first-order valence-corrected chi connectivity index (χ1v) is 12.0. The summed E-state index contributed by atoms with van der Waals surface area (Å²) in [4.78, 5) is 27.9. The monoisotopic (exact) mass is 454 g/mol. The van der Waals surface area contributed by atoms with Crippen LogP contribution in [-0.4, -0.2) is 35.4 Å². The Morgan fingerprint density at radius 3 is 2.39 bits per heavy atom. The van der Waals surface area contributed by atoms with Gasteiger partial charge in [-0.3, -0.25) is 9.59 Å². The minimum absolute atomic E-state index is 0.0970. The molecule has 33 heavy (non-hydrogen) atoms. The molecule has 3 rings (SSSR count). The van der Waals surface area contributed by atoms with E-state index in [2.05, 4.69) is 5.32 Å². The van der Waals surface area contributed by atoms with Gasteiger partial charge in [0, 0.05) is 19.0 Å². The molecule has 1 aliphatic rings. The molecule has 1 saturated carbocycles. The molecule has 1 N–H and O–H groups in total. The average molecular weight is 455 g/mol. The Morgan fingerprint density at radius 2 is 1.76 bits per heavy atom. The lowest BCUT2D eigenvalue weighted by atomic mass is 10.1. The summed E-state index contributed by atoms with van der Waals surface area (Å²) in [6.07, 6.45) is 5.58. The van der Waals surface area contributed by atoms with Crippen molar-refractivity contribution in [3.63, 3.8) is 0 Å². The maximum atomic E-state index is 13.4. The fourth-order valence-electron chi connectivity index (χ4n) is 4.27. The number of halogens is 1. The largest absolute Gasteiger partial charge is 0.494 e. The lowest BCUT2D eigenvalue weighted by Crippen LogP contribution is -2.50. The highest BCUT2D eigenvalue weighted by atomic mass is 19.1. The number of aryl methyl sites for hydroxylation is 1. The fraction of sp³-hybridized carbons (Fsp3) is 0.481. The predicted octanol–water partition coefficient (Wildman–Crippen LogP) is 5.16. The van der Waals surface area contributed by atoms with Crippen LogP contribution in [-0.2, 0) is 16.1 Å². The molecule has 0 aliphatic heterocycles. The summed E-state index contributed by atoms with van der Waals surface area (Å²) in [5, 5.41) is 3.14. The summed E-state index contributed by atoms with van der Waals surface area (Å²) >= 11 is 0. The van der Waals surface area contributed by atoms with Crippen molar-refractivity contribution in [1.82, 2.24) is 10.2 Å². The van der Waals surface area contributed by atoms with Crippen LogP contribution in [0, 0.1) is 12.7 Å². The van der Waals surface area contributed by atoms with Gasteiger partial charge < -0.3 is 15.0 Å². The molecule has 0 radical (unpaired) electrons. The molecule has 1 atom stereocenters. The number of carbonyl (C=O) groups is 2. The van der Waals surface area contributed by atoms with Gasteiger partial charge in [-0.1, -0.05) is 49.6 Å². The number of rotatable bonds is 11. The molecule has 1 unspecified atom stereocenters. The molecule has 2 aromatic rings. The zero-order valence-corrected chi connectivity index (χ0v) is 19.7. The standard InChI is InChI=1S/C27H35FN2O3/c1-3-25(27(32)29-23-7-4-5-8-23)30(19-21-12-14-22(28)15-13-21)26(31)9-6-18-33-24-16-10-20(2)11-17-24/h10-17,23,25H,3-9,18-19H2,1-2H3,(H,29,32). The van der Waals surface area contributed by atoms with E-state index in [0.717, 1.165) is 42.6 Å². The van der Waals surface area contributed by atoms with E-state index in [0.29, 0.717) is 19.4 Å². The van der Waals surface area contributed by atoms with Gasteiger partial charge in [0.15, 0.2) is 0 Å². The average Bonchev–Trinajstić information content (AvgIpc) is 3.32. The summed E-state index contributed by atoms with van der Waals surface area (Å²) in [6.45, 7) is 4.63. The molecule has 2 aromatic carbocycles. The molecular formula is C27H35FN2O3. The third-order valence-corrected chi connectivity index (χ3v) is 6.18. The third kappa shape index (κ3) is 7.58. The Labute approximate surface area is 196 Å². The maximum Gasteiger partial charge on any atom is 0.243 e. The van der Waals surface area contributed by atoms with Crippen LogP contribution in [0.3, 0.4) is 0 Å². The highest BCUT2D eigenvalue weighted by Crippen LogP contribution is 2.20. The molecule has 1 aliphatic carbocycles. The number of nitrogens with one attached hydrogen (secondary N) is 1. The lowest BCUT2D eigenvalue weighted by molar-refractivity contribution is -0.141. The molecule has 1 fully saturated rings. The Morgan fingerprint density at radius 1 is 1.09 bits per heavy atom. The summed E-state index contributed by atoms with van der Waals surface area (Å²) < 4.78 is 19.1. The second-order valence-corrected chi connectivity index (χ2v) is 8.83. The van der Waals surface area contributed by atoms with Crippen molar-refractivity contribution in [2.45, 2.75) is 77.4 Å². The summed E-state index contributed by atoms with van der Waals surface area (Å²) in [6, 6.07) is 13.5. The topological polar surface area (TPSA) is 58.6 Å². The minimum Gasteiger partial charge on any atom is -0.494 e. The maximum absolute atomic E-state index is 13.4. The zero-order valence-electron chi connectivity index (χ0n) is 19.7. The first-order valence-electron chi connectivity index (χ1n) is 12.0. The smallest absolute Gasteiger partial charge is 0.243 e.